The third kappa shape index (κ3) is 2.67. The Morgan fingerprint density at radius 3 is 2.85 bits per heavy atom. The third-order valence-corrected chi connectivity index (χ3v) is 4.67. The molecule has 3 rings (SSSR count). The molecule has 0 aliphatic carbocycles. The van der Waals surface area contributed by atoms with Gasteiger partial charge in [-0.25, -0.2) is 9.97 Å². The van der Waals surface area contributed by atoms with Crippen LogP contribution in [-0.4, -0.2) is 68.5 Å². The van der Waals surface area contributed by atoms with Crippen molar-refractivity contribution in [2.75, 3.05) is 19.0 Å². The molecule has 10 heteroatoms. The van der Waals surface area contributed by atoms with Crippen LogP contribution in [0.5, 0.6) is 0 Å². The van der Waals surface area contributed by atoms with E-state index in [1.165, 1.54) is 31.1 Å². The zero-order valence-corrected chi connectivity index (χ0v) is 14.5. The second kappa shape index (κ2) is 6.72. The van der Waals surface area contributed by atoms with Gasteiger partial charge < -0.3 is 29.6 Å². The Bertz CT molecular complexity index is 853. The van der Waals surface area contributed by atoms with Gasteiger partial charge >= 0.3 is 0 Å². The van der Waals surface area contributed by atoms with Crippen molar-refractivity contribution in [3.05, 3.63) is 18.1 Å². The Morgan fingerprint density at radius 2 is 2.27 bits per heavy atom. The molecule has 26 heavy (non-hydrogen) atoms. The van der Waals surface area contributed by atoms with Crippen molar-refractivity contribution in [3.63, 3.8) is 0 Å². The number of hydrogen-bond acceptors (Lipinski definition) is 8. The maximum absolute atomic E-state index is 11.6. The highest BCUT2D eigenvalue weighted by Crippen LogP contribution is 2.42. The number of ether oxygens (including phenoxy) is 2. The predicted octanol–water partition coefficient (Wildman–Crippen LogP) is -0.142. The van der Waals surface area contributed by atoms with Gasteiger partial charge in [0, 0.05) is 25.8 Å². The average Bonchev–Trinajstić information content (AvgIpc) is 3.11. The number of carbonyl (C=O) groups excluding carboxylic acids is 2. The predicted molar refractivity (Wildman–Crippen MR) is 89.6 cm³/mol. The van der Waals surface area contributed by atoms with Crippen molar-refractivity contribution in [1.82, 2.24) is 14.5 Å². The molecule has 3 heterocycles. The molecule has 0 spiro atoms. The number of methoxy groups -OCH3 is 1. The SMILES string of the molecule is CO[C@]1(C)C(O)C(CO)O[C@H]1n1cc(C=O)c2c(NC(C)=O)ncnc21. The van der Waals surface area contributed by atoms with Gasteiger partial charge in [-0.2, -0.15) is 0 Å². The molecule has 10 nitrogen and oxygen atoms in total. The molecule has 1 saturated heterocycles. The van der Waals surface area contributed by atoms with Gasteiger partial charge in [-0.1, -0.05) is 0 Å². The first-order valence-electron chi connectivity index (χ1n) is 7.95. The van der Waals surface area contributed by atoms with Crippen molar-refractivity contribution in [1.29, 1.82) is 0 Å². The zero-order valence-electron chi connectivity index (χ0n) is 14.5. The number of aliphatic hydroxyl groups excluding tert-OH is 2. The number of rotatable bonds is 5. The number of amides is 1. The molecular weight excluding hydrogens is 344 g/mol. The standard InChI is InChI=1S/C16H20N4O6/c1-8(23)19-13-11-9(5-21)4-20(14(11)18-7-17-13)15-16(2,25-3)12(24)10(6-22)26-15/h4-5,7,10,12,15,22,24H,6H2,1-3H3,(H,17,18,19,23)/t10?,12?,15-,16-/m1/s1. The van der Waals surface area contributed by atoms with Crippen molar-refractivity contribution < 1.29 is 29.3 Å². The van der Waals surface area contributed by atoms with Crippen molar-refractivity contribution >= 4 is 29.0 Å². The lowest BCUT2D eigenvalue weighted by atomic mass is 9.96. The van der Waals surface area contributed by atoms with Gasteiger partial charge in [0.25, 0.3) is 0 Å². The molecule has 1 fully saturated rings. The number of aliphatic hydroxyl groups is 2. The minimum absolute atomic E-state index is 0.194. The Morgan fingerprint density at radius 1 is 1.54 bits per heavy atom. The molecule has 1 aliphatic heterocycles. The monoisotopic (exact) mass is 364 g/mol. The van der Waals surface area contributed by atoms with Gasteiger partial charge in [-0.3, -0.25) is 9.59 Å². The lowest BCUT2D eigenvalue weighted by Crippen LogP contribution is -2.46. The summed E-state index contributed by atoms with van der Waals surface area (Å²) in [6.07, 6.45) is 0.530. The number of nitrogens with one attached hydrogen (secondary N) is 1. The van der Waals surface area contributed by atoms with Crippen LogP contribution in [0.15, 0.2) is 12.5 Å². The summed E-state index contributed by atoms with van der Waals surface area (Å²) in [5.41, 5.74) is -0.628. The van der Waals surface area contributed by atoms with E-state index in [1.807, 2.05) is 0 Å². The number of fused-ring (bicyclic) bond motifs is 1. The van der Waals surface area contributed by atoms with Crippen LogP contribution in [0.1, 0.15) is 30.4 Å². The Labute approximate surface area is 148 Å². The molecule has 0 radical (unpaired) electrons. The highest BCUT2D eigenvalue weighted by Gasteiger charge is 2.54. The molecular formula is C16H20N4O6. The highest BCUT2D eigenvalue weighted by molar-refractivity contribution is 6.05. The fourth-order valence-electron chi connectivity index (χ4n) is 3.24. The molecule has 1 aliphatic rings. The average molecular weight is 364 g/mol. The smallest absolute Gasteiger partial charge is 0.222 e. The number of aldehydes is 1. The Hall–Kier alpha value is -2.40. The van der Waals surface area contributed by atoms with Crippen LogP contribution in [0.25, 0.3) is 11.0 Å². The lowest BCUT2D eigenvalue weighted by Gasteiger charge is -2.31. The Kier molecular flexibility index (Phi) is 4.76. The molecule has 0 saturated carbocycles. The van der Waals surface area contributed by atoms with Gasteiger partial charge in [0.15, 0.2) is 12.5 Å². The molecule has 3 N–H and O–H groups in total. The first kappa shape index (κ1) is 18.4. The molecule has 1 amide bonds. The topological polar surface area (TPSA) is 136 Å². The van der Waals surface area contributed by atoms with Crippen molar-refractivity contribution in [3.8, 4) is 0 Å². The first-order valence-corrected chi connectivity index (χ1v) is 7.95. The second-order valence-corrected chi connectivity index (χ2v) is 6.25. The van der Waals surface area contributed by atoms with E-state index < -0.39 is 30.6 Å². The van der Waals surface area contributed by atoms with E-state index in [0.717, 1.165) is 0 Å². The summed E-state index contributed by atoms with van der Waals surface area (Å²) < 4.78 is 12.8. The summed E-state index contributed by atoms with van der Waals surface area (Å²) in [5.74, 6) is -0.149. The van der Waals surface area contributed by atoms with Gasteiger partial charge in [-0.15, -0.1) is 0 Å². The van der Waals surface area contributed by atoms with Crippen molar-refractivity contribution in [2.24, 2.45) is 0 Å². The van der Waals surface area contributed by atoms with E-state index in [-0.39, 0.29) is 17.3 Å². The number of hydrogen-bond donors (Lipinski definition) is 3. The molecule has 2 unspecified atom stereocenters. The van der Waals surface area contributed by atoms with Crippen LogP contribution in [0, 0.1) is 0 Å². The van der Waals surface area contributed by atoms with Crippen molar-refractivity contribution in [2.45, 2.75) is 37.9 Å². The van der Waals surface area contributed by atoms with Gasteiger partial charge in [-0.05, 0) is 6.92 Å². The first-order chi connectivity index (χ1) is 12.4. The molecule has 0 aromatic carbocycles. The highest BCUT2D eigenvalue weighted by atomic mass is 16.6. The van der Waals surface area contributed by atoms with Gasteiger partial charge in [0.2, 0.25) is 5.91 Å². The van der Waals surface area contributed by atoms with E-state index in [1.54, 1.807) is 6.92 Å². The van der Waals surface area contributed by atoms with Crippen LogP contribution in [0.3, 0.4) is 0 Å². The van der Waals surface area contributed by atoms with E-state index >= 15 is 0 Å². The maximum Gasteiger partial charge on any atom is 0.222 e. The van der Waals surface area contributed by atoms with Gasteiger partial charge in [0.1, 0.15) is 35.6 Å². The maximum atomic E-state index is 11.6. The summed E-state index contributed by atoms with van der Waals surface area (Å²) in [6, 6.07) is 0. The third-order valence-electron chi connectivity index (χ3n) is 4.67. The quantitative estimate of drug-likeness (QED) is 0.624. The summed E-state index contributed by atoms with van der Waals surface area (Å²) in [5, 5.41) is 22.8. The normalized spacial score (nSPS) is 28.4. The number of aromatic nitrogens is 3. The van der Waals surface area contributed by atoms with Crippen LogP contribution in [0.4, 0.5) is 5.82 Å². The summed E-state index contributed by atoms with van der Waals surface area (Å²) >= 11 is 0. The zero-order chi connectivity index (χ0) is 19.1. The minimum Gasteiger partial charge on any atom is -0.394 e. The van der Waals surface area contributed by atoms with E-state index in [0.29, 0.717) is 17.3 Å². The fourth-order valence-corrected chi connectivity index (χ4v) is 3.24. The van der Waals surface area contributed by atoms with Crippen LogP contribution in [-0.2, 0) is 14.3 Å². The molecule has 140 valence electrons. The number of nitrogens with zero attached hydrogens (tertiary/aromatic N) is 3. The molecule has 2 aromatic heterocycles. The largest absolute Gasteiger partial charge is 0.394 e. The molecule has 4 atom stereocenters. The van der Waals surface area contributed by atoms with Crippen LogP contribution >= 0.6 is 0 Å². The molecule has 2 aromatic rings. The minimum atomic E-state index is -1.20. The second-order valence-electron chi connectivity index (χ2n) is 6.25. The fraction of sp³-hybridized carbons (Fsp3) is 0.500. The van der Waals surface area contributed by atoms with Crippen LogP contribution in [0.2, 0.25) is 0 Å². The van der Waals surface area contributed by atoms with E-state index in [9.17, 15) is 19.8 Å². The number of carbonyl (C=O) groups is 2. The summed E-state index contributed by atoms with van der Waals surface area (Å²) in [6.45, 7) is 2.57. The van der Waals surface area contributed by atoms with E-state index in [4.69, 9.17) is 9.47 Å². The molecule has 0 bridgehead atoms. The summed E-state index contributed by atoms with van der Waals surface area (Å²) in [4.78, 5) is 31.2. The van der Waals surface area contributed by atoms with E-state index in [2.05, 4.69) is 15.3 Å². The summed E-state index contributed by atoms with van der Waals surface area (Å²) in [7, 11) is 1.42. The van der Waals surface area contributed by atoms with Crippen LogP contribution < -0.4 is 5.32 Å². The Balaban J connectivity index is 2.20. The van der Waals surface area contributed by atoms with Gasteiger partial charge in [0.05, 0.1) is 12.0 Å². The lowest BCUT2D eigenvalue weighted by molar-refractivity contribution is -0.118. The number of anilines is 1.